The van der Waals surface area contributed by atoms with E-state index in [1.807, 2.05) is 0 Å². The fourth-order valence-electron chi connectivity index (χ4n) is 0.668. The molecule has 3 heteroatoms. The largest absolute Gasteiger partial charge is 0.389 e. The Morgan fingerprint density at radius 2 is 2.38 bits per heavy atom. The van der Waals surface area contributed by atoms with Crippen molar-refractivity contribution >= 4 is 5.94 Å². The third-order valence-electron chi connectivity index (χ3n) is 1.13. The molecule has 1 saturated heterocycles. The Hall–Kier alpha value is -0.790. The van der Waals surface area contributed by atoms with Crippen LogP contribution >= 0.6 is 0 Å². The van der Waals surface area contributed by atoms with Crippen LogP contribution in [0.2, 0.25) is 0 Å². The summed E-state index contributed by atoms with van der Waals surface area (Å²) in [7, 11) is 0. The van der Waals surface area contributed by atoms with Gasteiger partial charge in [-0.1, -0.05) is 0 Å². The fraction of sp³-hybridized carbons (Fsp3) is 0.600. The number of nitrogens with zero attached hydrogens (tertiary/aromatic N) is 1. The Labute approximate surface area is 47.2 Å². The van der Waals surface area contributed by atoms with Gasteiger partial charge < -0.3 is 10.0 Å². The zero-order valence-electron chi connectivity index (χ0n) is 4.37. The number of aliphatic hydroxyl groups excluding tert-OH is 1. The standard InChI is InChI=1S/C5H7NO2/c7-2-1-6-3-5(8)4-6/h1,5,8H,3-4H2. The lowest BCUT2D eigenvalue weighted by atomic mass is 10.2. The minimum atomic E-state index is -0.236. The monoisotopic (exact) mass is 113 g/mol. The molecule has 1 heterocycles. The maximum absolute atomic E-state index is 9.61. The first-order valence-corrected chi connectivity index (χ1v) is 2.46. The first-order chi connectivity index (χ1) is 3.83. The average molecular weight is 113 g/mol. The molecule has 0 spiro atoms. The highest BCUT2D eigenvalue weighted by molar-refractivity contribution is 5.44. The van der Waals surface area contributed by atoms with Crippen LogP contribution < -0.4 is 0 Å². The first-order valence-electron chi connectivity index (χ1n) is 2.46. The van der Waals surface area contributed by atoms with E-state index in [9.17, 15) is 4.79 Å². The van der Waals surface area contributed by atoms with Gasteiger partial charge in [0.25, 0.3) is 0 Å². The summed E-state index contributed by atoms with van der Waals surface area (Å²) in [6, 6.07) is 0. The molecule has 0 saturated carbocycles. The van der Waals surface area contributed by atoms with E-state index in [0.717, 1.165) is 0 Å². The van der Waals surface area contributed by atoms with Crippen molar-refractivity contribution in [2.75, 3.05) is 13.1 Å². The van der Waals surface area contributed by atoms with Gasteiger partial charge in [-0.2, -0.15) is 0 Å². The Morgan fingerprint density at radius 3 is 2.75 bits per heavy atom. The Bertz CT molecular complexity index is 122. The molecule has 0 aliphatic carbocycles. The number of likely N-dealkylation sites (tertiary alicyclic amines) is 1. The molecular weight excluding hydrogens is 106 g/mol. The van der Waals surface area contributed by atoms with Crippen LogP contribution in [0.4, 0.5) is 0 Å². The molecule has 0 radical (unpaired) electrons. The molecule has 0 unspecified atom stereocenters. The van der Waals surface area contributed by atoms with Gasteiger partial charge in [-0.05, 0) is 0 Å². The minimum Gasteiger partial charge on any atom is -0.389 e. The van der Waals surface area contributed by atoms with E-state index in [0.29, 0.717) is 13.1 Å². The molecule has 1 rings (SSSR count). The van der Waals surface area contributed by atoms with Crippen molar-refractivity contribution in [3.05, 3.63) is 6.20 Å². The molecule has 8 heavy (non-hydrogen) atoms. The topological polar surface area (TPSA) is 40.5 Å². The summed E-state index contributed by atoms with van der Waals surface area (Å²) in [4.78, 5) is 11.3. The van der Waals surface area contributed by atoms with Crippen LogP contribution in [0.5, 0.6) is 0 Å². The molecular formula is C5H7NO2. The maximum atomic E-state index is 9.61. The van der Waals surface area contributed by atoms with Crippen LogP contribution in [0.3, 0.4) is 0 Å². The molecule has 0 aromatic rings. The van der Waals surface area contributed by atoms with Gasteiger partial charge >= 0.3 is 0 Å². The van der Waals surface area contributed by atoms with Gasteiger partial charge in [0.2, 0.25) is 0 Å². The van der Waals surface area contributed by atoms with Crippen molar-refractivity contribution in [3.63, 3.8) is 0 Å². The van der Waals surface area contributed by atoms with Crippen molar-refractivity contribution < 1.29 is 9.90 Å². The number of carbonyl (C=O) groups excluding carboxylic acids is 1. The van der Waals surface area contributed by atoms with Crippen molar-refractivity contribution in [1.82, 2.24) is 4.90 Å². The lowest BCUT2D eigenvalue weighted by Gasteiger charge is -2.33. The number of aliphatic hydroxyl groups is 1. The molecule has 1 N–H and O–H groups in total. The molecule has 0 aromatic carbocycles. The molecule has 0 bridgehead atoms. The van der Waals surface area contributed by atoms with Gasteiger partial charge in [0, 0.05) is 13.1 Å². The minimum absolute atomic E-state index is 0.236. The summed E-state index contributed by atoms with van der Waals surface area (Å²) in [5.74, 6) is 1.63. The molecule has 0 amide bonds. The van der Waals surface area contributed by atoms with E-state index < -0.39 is 0 Å². The fourth-order valence-corrected chi connectivity index (χ4v) is 0.668. The van der Waals surface area contributed by atoms with Crippen molar-refractivity contribution in [2.24, 2.45) is 0 Å². The maximum Gasteiger partial charge on any atom is 0.142 e. The SMILES string of the molecule is O=C=CN1CC(O)C1. The zero-order chi connectivity index (χ0) is 5.98. The summed E-state index contributed by atoms with van der Waals surface area (Å²) in [5.41, 5.74) is 0. The number of hydrogen-bond donors (Lipinski definition) is 1. The quantitative estimate of drug-likeness (QED) is 0.444. The van der Waals surface area contributed by atoms with Crippen LogP contribution in [-0.2, 0) is 4.79 Å². The van der Waals surface area contributed by atoms with E-state index >= 15 is 0 Å². The van der Waals surface area contributed by atoms with Gasteiger partial charge in [0.05, 0.1) is 12.3 Å². The smallest absolute Gasteiger partial charge is 0.142 e. The highest BCUT2D eigenvalue weighted by atomic mass is 16.3. The highest BCUT2D eigenvalue weighted by Crippen LogP contribution is 2.04. The second kappa shape index (κ2) is 1.99. The van der Waals surface area contributed by atoms with Gasteiger partial charge in [-0.3, -0.25) is 0 Å². The number of hydrogen-bond acceptors (Lipinski definition) is 3. The highest BCUT2D eigenvalue weighted by Gasteiger charge is 2.20. The van der Waals surface area contributed by atoms with Crippen LogP contribution in [0.15, 0.2) is 6.20 Å². The van der Waals surface area contributed by atoms with E-state index in [1.54, 1.807) is 10.8 Å². The van der Waals surface area contributed by atoms with Gasteiger partial charge in [0.1, 0.15) is 5.94 Å². The lowest BCUT2D eigenvalue weighted by molar-refractivity contribution is 0.0339. The van der Waals surface area contributed by atoms with E-state index in [2.05, 4.69) is 0 Å². The molecule has 3 nitrogen and oxygen atoms in total. The summed E-state index contributed by atoms with van der Waals surface area (Å²) >= 11 is 0. The molecule has 1 fully saturated rings. The molecule has 1 aliphatic rings. The predicted molar refractivity (Wildman–Crippen MR) is 27.8 cm³/mol. The van der Waals surface area contributed by atoms with Crippen molar-refractivity contribution in [3.8, 4) is 0 Å². The van der Waals surface area contributed by atoms with Gasteiger partial charge in [-0.25, -0.2) is 4.79 Å². The summed E-state index contributed by atoms with van der Waals surface area (Å²) in [5, 5.41) is 8.65. The second-order valence-corrected chi connectivity index (χ2v) is 1.85. The van der Waals surface area contributed by atoms with Crippen LogP contribution in [0, 0.1) is 0 Å². The van der Waals surface area contributed by atoms with E-state index in [1.165, 1.54) is 6.20 Å². The van der Waals surface area contributed by atoms with Crippen LogP contribution in [-0.4, -0.2) is 35.1 Å². The molecule has 0 atom stereocenters. The van der Waals surface area contributed by atoms with Crippen molar-refractivity contribution in [2.45, 2.75) is 6.10 Å². The number of rotatable bonds is 1. The number of β-amino-alcohol motifs (C(OH)–C–C–N with tert-alkyl or cyclic N) is 1. The summed E-state index contributed by atoms with van der Waals surface area (Å²) < 4.78 is 0. The summed E-state index contributed by atoms with van der Waals surface area (Å²) in [6.45, 7) is 1.16. The molecule has 44 valence electrons. The lowest BCUT2D eigenvalue weighted by Crippen LogP contribution is -2.47. The van der Waals surface area contributed by atoms with Gasteiger partial charge in [-0.15, -0.1) is 0 Å². The van der Waals surface area contributed by atoms with Crippen molar-refractivity contribution in [1.29, 1.82) is 0 Å². The first kappa shape index (κ1) is 5.35. The third kappa shape index (κ3) is 0.886. The Morgan fingerprint density at radius 1 is 1.75 bits per heavy atom. The molecule has 1 aliphatic heterocycles. The van der Waals surface area contributed by atoms with Crippen LogP contribution in [0.25, 0.3) is 0 Å². The van der Waals surface area contributed by atoms with E-state index in [-0.39, 0.29) is 6.10 Å². The third-order valence-corrected chi connectivity index (χ3v) is 1.13. The van der Waals surface area contributed by atoms with Gasteiger partial charge in [0.15, 0.2) is 0 Å². The van der Waals surface area contributed by atoms with Crippen LogP contribution in [0.1, 0.15) is 0 Å². The normalized spacial score (nSPS) is 19.4. The molecule has 0 aromatic heterocycles. The second-order valence-electron chi connectivity index (χ2n) is 1.85. The Balaban J connectivity index is 2.25. The zero-order valence-corrected chi connectivity index (χ0v) is 4.37. The summed E-state index contributed by atoms with van der Waals surface area (Å²) in [6.07, 6.45) is 1.08. The van der Waals surface area contributed by atoms with E-state index in [4.69, 9.17) is 5.11 Å². The Kier molecular flexibility index (Phi) is 1.33. The average Bonchev–Trinajstić information content (AvgIpc) is 1.64. The predicted octanol–water partition coefficient (Wildman–Crippen LogP) is -0.992.